The first-order valence-electron chi connectivity index (χ1n) is 10.8. The van der Waals surface area contributed by atoms with Crippen LogP contribution in [-0.2, 0) is 9.53 Å². The van der Waals surface area contributed by atoms with Gasteiger partial charge in [-0.2, -0.15) is 0 Å². The van der Waals surface area contributed by atoms with Crippen molar-refractivity contribution >= 4 is 23.9 Å². The molecule has 0 bridgehead atoms. The van der Waals surface area contributed by atoms with Crippen LogP contribution in [0, 0.1) is 0 Å². The summed E-state index contributed by atoms with van der Waals surface area (Å²) in [6.07, 6.45) is 1.58. The van der Waals surface area contributed by atoms with E-state index in [4.69, 9.17) is 23.7 Å². The van der Waals surface area contributed by atoms with Gasteiger partial charge in [-0.05, 0) is 79.2 Å². The number of rotatable bonds is 8. The molecule has 178 valence electrons. The summed E-state index contributed by atoms with van der Waals surface area (Å²) in [7, 11) is 3.12. The molecule has 0 spiro atoms. The quantitative estimate of drug-likeness (QED) is 0.267. The van der Waals surface area contributed by atoms with Crippen LogP contribution in [0.5, 0.6) is 23.0 Å². The highest BCUT2D eigenvalue weighted by Gasteiger charge is 2.24. The number of nitrogens with zero attached hydrogens (tertiary/aromatic N) is 1. The summed E-state index contributed by atoms with van der Waals surface area (Å²) >= 11 is 0. The first-order valence-corrected chi connectivity index (χ1v) is 10.8. The van der Waals surface area contributed by atoms with Crippen molar-refractivity contribution in [3.63, 3.8) is 0 Å². The van der Waals surface area contributed by atoms with E-state index in [-0.39, 0.29) is 17.3 Å². The molecule has 0 saturated heterocycles. The van der Waals surface area contributed by atoms with E-state index in [0.717, 1.165) is 0 Å². The maximum absolute atomic E-state index is 12.6. The Kier molecular flexibility index (Phi) is 7.11. The van der Waals surface area contributed by atoms with Gasteiger partial charge in [-0.3, -0.25) is 0 Å². The molecule has 8 nitrogen and oxygen atoms in total. The number of benzene rings is 3. The smallest absolute Gasteiger partial charge is 0.363 e. The van der Waals surface area contributed by atoms with Gasteiger partial charge in [0.15, 0.2) is 17.2 Å². The average molecular weight is 473 g/mol. The fourth-order valence-corrected chi connectivity index (χ4v) is 3.28. The topological polar surface area (TPSA) is 92.6 Å². The van der Waals surface area contributed by atoms with E-state index in [1.54, 1.807) is 87.0 Å². The maximum Gasteiger partial charge on any atom is 0.363 e. The molecule has 4 rings (SSSR count). The van der Waals surface area contributed by atoms with Gasteiger partial charge in [-0.25, -0.2) is 14.6 Å². The summed E-state index contributed by atoms with van der Waals surface area (Å²) in [6, 6.07) is 18.6. The SMILES string of the molecule is CCOc1cc(/C=C2\N=C(c3ccc(OC)cc3)OC2=O)ccc1OC(=O)c1ccc(OC)cc1. The van der Waals surface area contributed by atoms with E-state index in [1.807, 2.05) is 6.92 Å². The van der Waals surface area contributed by atoms with Crippen LogP contribution in [0.3, 0.4) is 0 Å². The third kappa shape index (κ3) is 5.50. The molecule has 1 aliphatic rings. The van der Waals surface area contributed by atoms with E-state index in [9.17, 15) is 9.59 Å². The minimum Gasteiger partial charge on any atom is -0.497 e. The van der Waals surface area contributed by atoms with Gasteiger partial charge < -0.3 is 23.7 Å². The zero-order valence-electron chi connectivity index (χ0n) is 19.4. The number of ether oxygens (including phenoxy) is 5. The Morgan fingerprint density at radius 2 is 1.57 bits per heavy atom. The highest BCUT2D eigenvalue weighted by molar-refractivity contribution is 6.12. The summed E-state index contributed by atoms with van der Waals surface area (Å²) in [4.78, 5) is 29.3. The van der Waals surface area contributed by atoms with E-state index in [0.29, 0.717) is 40.5 Å². The second-order valence-corrected chi connectivity index (χ2v) is 7.32. The fourth-order valence-electron chi connectivity index (χ4n) is 3.28. The Morgan fingerprint density at radius 1 is 0.914 bits per heavy atom. The Labute approximate surface area is 202 Å². The van der Waals surface area contributed by atoms with Gasteiger partial charge in [0.05, 0.1) is 26.4 Å². The maximum atomic E-state index is 12.6. The monoisotopic (exact) mass is 473 g/mol. The van der Waals surface area contributed by atoms with Crippen LogP contribution in [0.1, 0.15) is 28.4 Å². The second kappa shape index (κ2) is 10.6. The lowest BCUT2D eigenvalue weighted by atomic mass is 10.1. The number of methoxy groups -OCH3 is 2. The molecule has 0 amide bonds. The average Bonchev–Trinajstić information content (AvgIpc) is 3.25. The van der Waals surface area contributed by atoms with Crippen LogP contribution in [0.4, 0.5) is 0 Å². The van der Waals surface area contributed by atoms with E-state index < -0.39 is 11.9 Å². The lowest BCUT2D eigenvalue weighted by Crippen LogP contribution is -2.09. The molecule has 35 heavy (non-hydrogen) atoms. The predicted octanol–water partition coefficient (Wildman–Crippen LogP) is 4.67. The highest BCUT2D eigenvalue weighted by Crippen LogP contribution is 2.31. The first kappa shape index (κ1) is 23.6. The predicted molar refractivity (Wildman–Crippen MR) is 129 cm³/mol. The van der Waals surface area contributed by atoms with Gasteiger partial charge in [-0.15, -0.1) is 0 Å². The number of hydrogen-bond donors (Lipinski definition) is 0. The molecule has 3 aromatic rings. The van der Waals surface area contributed by atoms with Gasteiger partial charge in [0.25, 0.3) is 0 Å². The summed E-state index contributed by atoms with van der Waals surface area (Å²) < 4.78 is 26.8. The van der Waals surface area contributed by atoms with Crippen LogP contribution in [0.15, 0.2) is 77.4 Å². The van der Waals surface area contributed by atoms with Gasteiger partial charge in [0.1, 0.15) is 11.5 Å². The summed E-state index contributed by atoms with van der Waals surface area (Å²) in [5.41, 5.74) is 1.79. The van der Waals surface area contributed by atoms with Crippen molar-refractivity contribution in [2.24, 2.45) is 4.99 Å². The van der Waals surface area contributed by atoms with Crippen molar-refractivity contribution < 1.29 is 33.3 Å². The van der Waals surface area contributed by atoms with E-state index >= 15 is 0 Å². The molecule has 3 aromatic carbocycles. The summed E-state index contributed by atoms with van der Waals surface area (Å²) in [6.45, 7) is 2.18. The second-order valence-electron chi connectivity index (χ2n) is 7.32. The zero-order valence-corrected chi connectivity index (χ0v) is 19.4. The molecule has 0 fully saturated rings. The highest BCUT2D eigenvalue weighted by atomic mass is 16.6. The zero-order chi connectivity index (χ0) is 24.8. The minimum absolute atomic E-state index is 0.140. The molecule has 1 aliphatic heterocycles. The minimum atomic E-state index is -0.566. The lowest BCUT2D eigenvalue weighted by molar-refractivity contribution is -0.129. The molecule has 0 N–H and O–H groups in total. The third-order valence-corrected chi connectivity index (χ3v) is 5.06. The number of carbonyl (C=O) groups excluding carboxylic acids is 2. The number of esters is 2. The Morgan fingerprint density at radius 3 is 2.20 bits per heavy atom. The van der Waals surface area contributed by atoms with Gasteiger partial charge >= 0.3 is 11.9 Å². The molecule has 0 aliphatic carbocycles. The molecular weight excluding hydrogens is 450 g/mol. The molecule has 1 heterocycles. The molecular formula is C27H23NO7. The van der Waals surface area contributed by atoms with Crippen molar-refractivity contribution in [2.75, 3.05) is 20.8 Å². The van der Waals surface area contributed by atoms with Crippen molar-refractivity contribution in [3.05, 3.63) is 89.1 Å². The van der Waals surface area contributed by atoms with Crippen LogP contribution in [0.2, 0.25) is 0 Å². The van der Waals surface area contributed by atoms with E-state index in [1.165, 1.54) is 0 Å². The van der Waals surface area contributed by atoms with Gasteiger partial charge in [0.2, 0.25) is 5.90 Å². The van der Waals surface area contributed by atoms with Crippen molar-refractivity contribution in [1.29, 1.82) is 0 Å². The Balaban J connectivity index is 1.56. The lowest BCUT2D eigenvalue weighted by Gasteiger charge is -2.11. The van der Waals surface area contributed by atoms with E-state index in [2.05, 4.69) is 4.99 Å². The van der Waals surface area contributed by atoms with Gasteiger partial charge in [0, 0.05) is 5.56 Å². The normalized spacial score (nSPS) is 13.7. The third-order valence-electron chi connectivity index (χ3n) is 5.06. The van der Waals surface area contributed by atoms with Crippen LogP contribution in [0.25, 0.3) is 6.08 Å². The number of hydrogen-bond acceptors (Lipinski definition) is 8. The first-order chi connectivity index (χ1) is 17.0. The number of aliphatic imine (C=N–C) groups is 1. The van der Waals surface area contributed by atoms with Crippen molar-refractivity contribution in [3.8, 4) is 23.0 Å². The number of carbonyl (C=O) groups is 2. The van der Waals surface area contributed by atoms with Crippen LogP contribution >= 0.6 is 0 Å². The molecule has 0 radical (unpaired) electrons. The van der Waals surface area contributed by atoms with Crippen LogP contribution in [-0.4, -0.2) is 38.7 Å². The Bertz CT molecular complexity index is 1290. The molecule has 8 heteroatoms. The number of cyclic esters (lactones) is 1. The molecule has 0 unspecified atom stereocenters. The van der Waals surface area contributed by atoms with Crippen LogP contribution < -0.4 is 18.9 Å². The molecule has 0 saturated carbocycles. The molecule has 0 atom stereocenters. The standard InChI is InChI=1S/C27H23NO7/c1-4-33-24-16-17(5-14-23(24)34-26(29)19-8-12-21(32-3)13-9-19)15-22-27(30)35-25(28-22)18-6-10-20(31-2)11-7-18/h5-16H,4H2,1-3H3/b22-15-. The van der Waals surface area contributed by atoms with Crippen molar-refractivity contribution in [2.45, 2.75) is 6.92 Å². The largest absolute Gasteiger partial charge is 0.497 e. The fraction of sp³-hybridized carbons (Fsp3) is 0.148. The Hall–Kier alpha value is -4.59. The molecule has 0 aromatic heterocycles. The van der Waals surface area contributed by atoms with Crippen molar-refractivity contribution in [1.82, 2.24) is 0 Å². The van der Waals surface area contributed by atoms with Gasteiger partial charge in [-0.1, -0.05) is 6.07 Å². The summed E-state index contributed by atoms with van der Waals surface area (Å²) in [5, 5.41) is 0. The summed E-state index contributed by atoms with van der Waals surface area (Å²) in [5.74, 6) is 1.04.